The maximum atomic E-state index is 2.43. The molecule has 0 heterocycles. The van der Waals surface area contributed by atoms with Crippen LogP contribution in [0.1, 0.15) is 130 Å². The van der Waals surface area contributed by atoms with E-state index in [1.165, 1.54) is 109 Å². The SMILES string of the molecule is CCCCCCCC/C=C\CCCCCCCCCCC(C)C. The Morgan fingerprint density at radius 2 is 0.913 bits per heavy atom. The van der Waals surface area contributed by atoms with Crippen LogP contribution >= 0.6 is 0 Å². The van der Waals surface area contributed by atoms with Crippen LogP contribution in [0.2, 0.25) is 0 Å². The van der Waals surface area contributed by atoms with Gasteiger partial charge in [0.2, 0.25) is 0 Å². The Kier molecular flexibility index (Phi) is 19.6. The Morgan fingerprint density at radius 1 is 0.522 bits per heavy atom. The van der Waals surface area contributed by atoms with Crippen LogP contribution in [0.3, 0.4) is 0 Å². The van der Waals surface area contributed by atoms with Gasteiger partial charge >= 0.3 is 0 Å². The maximum absolute atomic E-state index is 2.43. The van der Waals surface area contributed by atoms with Crippen molar-refractivity contribution in [3.63, 3.8) is 0 Å². The second-order valence-electron chi connectivity index (χ2n) is 7.83. The van der Waals surface area contributed by atoms with Gasteiger partial charge in [-0.2, -0.15) is 0 Å². The number of allylic oxidation sites excluding steroid dienone is 2. The molecule has 138 valence electrons. The average molecular weight is 323 g/mol. The highest BCUT2D eigenvalue weighted by Gasteiger charge is 1.95. The molecular weight excluding hydrogens is 276 g/mol. The van der Waals surface area contributed by atoms with Crippen molar-refractivity contribution in [2.45, 2.75) is 130 Å². The van der Waals surface area contributed by atoms with Crippen molar-refractivity contribution >= 4 is 0 Å². The molecule has 0 nitrogen and oxygen atoms in total. The highest BCUT2D eigenvalue weighted by atomic mass is 14.0. The van der Waals surface area contributed by atoms with Gasteiger partial charge in [0.05, 0.1) is 0 Å². The average Bonchev–Trinajstić information content (AvgIpc) is 2.53. The topological polar surface area (TPSA) is 0 Å². The summed E-state index contributed by atoms with van der Waals surface area (Å²) in [7, 11) is 0. The lowest BCUT2D eigenvalue weighted by Crippen LogP contribution is -1.87. The van der Waals surface area contributed by atoms with Gasteiger partial charge in [-0.15, -0.1) is 0 Å². The summed E-state index contributed by atoms with van der Waals surface area (Å²) in [5.41, 5.74) is 0. The first-order valence-electron chi connectivity index (χ1n) is 10.9. The van der Waals surface area contributed by atoms with Gasteiger partial charge in [-0.05, 0) is 31.6 Å². The minimum Gasteiger partial charge on any atom is -0.0885 e. The summed E-state index contributed by atoms with van der Waals surface area (Å²) in [6.07, 6.45) is 29.0. The van der Waals surface area contributed by atoms with Crippen LogP contribution in [0.5, 0.6) is 0 Å². The number of hydrogen-bond acceptors (Lipinski definition) is 0. The summed E-state index contributed by atoms with van der Waals surface area (Å²) in [5, 5.41) is 0. The second-order valence-corrected chi connectivity index (χ2v) is 7.83. The Bertz CT molecular complexity index is 226. The monoisotopic (exact) mass is 322 g/mol. The van der Waals surface area contributed by atoms with E-state index in [-0.39, 0.29) is 0 Å². The Balaban J connectivity index is 3.05. The molecule has 0 bridgehead atoms. The van der Waals surface area contributed by atoms with E-state index in [1.807, 2.05) is 0 Å². The van der Waals surface area contributed by atoms with Gasteiger partial charge in [0.25, 0.3) is 0 Å². The van der Waals surface area contributed by atoms with E-state index >= 15 is 0 Å². The molecule has 0 aromatic rings. The first-order valence-corrected chi connectivity index (χ1v) is 10.9. The zero-order valence-electron chi connectivity index (χ0n) is 16.8. The number of rotatable bonds is 18. The van der Waals surface area contributed by atoms with Crippen LogP contribution < -0.4 is 0 Å². The summed E-state index contributed by atoms with van der Waals surface area (Å²) in [6, 6.07) is 0. The molecule has 0 fully saturated rings. The molecule has 0 unspecified atom stereocenters. The van der Waals surface area contributed by atoms with Crippen LogP contribution in [-0.2, 0) is 0 Å². The van der Waals surface area contributed by atoms with Crippen LogP contribution in [0.4, 0.5) is 0 Å². The number of unbranched alkanes of at least 4 members (excludes halogenated alkanes) is 14. The molecule has 0 heteroatoms. The van der Waals surface area contributed by atoms with Crippen molar-refractivity contribution in [1.82, 2.24) is 0 Å². The van der Waals surface area contributed by atoms with Crippen LogP contribution in [-0.4, -0.2) is 0 Å². The van der Waals surface area contributed by atoms with Crippen molar-refractivity contribution in [3.8, 4) is 0 Å². The fourth-order valence-electron chi connectivity index (χ4n) is 3.15. The van der Waals surface area contributed by atoms with E-state index in [2.05, 4.69) is 32.9 Å². The highest BCUT2D eigenvalue weighted by molar-refractivity contribution is 4.81. The van der Waals surface area contributed by atoms with Gasteiger partial charge in [0, 0.05) is 0 Å². The smallest absolute Gasteiger partial charge is 0.0351 e. The van der Waals surface area contributed by atoms with Gasteiger partial charge in [0.15, 0.2) is 0 Å². The van der Waals surface area contributed by atoms with Gasteiger partial charge in [-0.25, -0.2) is 0 Å². The third kappa shape index (κ3) is 21.7. The van der Waals surface area contributed by atoms with Crippen molar-refractivity contribution < 1.29 is 0 Å². The van der Waals surface area contributed by atoms with E-state index in [9.17, 15) is 0 Å². The third-order valence-corrected chi connectivity index (χ3v) is 4.79. The third-order valence-electron chi connectivity index (χ3n) is 4.79. The predicted molar refractivity (Wildman–Crippen MR) is 108 cm³/mol. The molecular formula is C23H46. The van der Waals surface area contributed by atoms with Gasteiger partial charge < -0.3 is 0 Å². The summed E-state index contributed by atoms with van der Waals surface area (Å²) < 4.78 is 0. The molecule has 0 atom stereocenters. The summed E-state index contributed by atoms with van der Waals surface area (Å²) >= 11 is 0. The zero-order chi connectivity index (χ0) is 17.0. The largest absolute Gasteiger partial charge is 0.0885 e. The molecule has 0 aliphatic rings. The molecule has 0 saturated heterocycles. The fourth-order valence-corrected chi connectivity index (χ4v) is 3.15. The lowest BCUT2D eigenvalue weighted by molar-refractivity contribution is 0.507. The molecule has 23 heavy (non-hydrogen) atoms. The van der Waals surface area contributed by atoms with Gasteiger partial charge in [-0.1, -0.05) is 116 Å². The van der Waals surface area contributed by atoms with E-state index in [1.54, 1.807) is 0 Å². The predicted octanol–water partition coefficient (Wildman–Crippen LogP) is 8.85. The molecule has 0 saturated carbocycles. The fraction of sp³-hybridized carbons (Fsp3) is 0.913. The van der Waals surface area contributed by atoms with E-state index in [4.69, 9.17) is 0 Å². The summed E-state index contributed by atoms with van der Waals surface area (Å²) in [5.74, 6) is 0.893. The molecule has 0 aliphatic heterocycles. The lowest BCUT2D eigenvalue weighted by atomic mass is 10.0. The lowest BCUT2D eigenvalue weighted by Gasteiger charge is -2.04. The molecule has 0 N–H and O–H groups in total. The molecule has 0 aliphatic carbocycles. The maximum Gasteiger partial charge on any atom is -0.0351 e. The molecule has 0 radical (unpaired) electrons. The van der Waals surface area contributed by atoms with E-state index in [0.717, 1.165) is 5.92 Å². The standard InChI is InChI=1S/C23H46/c1-4-5-6-7-8-9-10-11-12-13-14-15-16-17-18-19-20-21-22-23(2)3/h11-12,23H,4-10,13-22H2,1-3H3/b12-11-. The van der Waals surface area contributed by atoms with Crippen molar-refractivity contribution in [3.05, 3.63) is 12.2 Å². The Morgan fingerprint density at radius 3 is 1.35 bits per heavy atom. The summed E-state index contributed by atoms with van der Waals surface area (Å²) in [4.78, 5) is 0. The first-order chi connectivity index (χ1) is 11.3. The molecule has 0 rings (SSSR count). The van der Waals surface area contributed by atoms with Crippen LogP contribution in [0.15, 0.2) is 12.2 Å². The normalized spacial score (nSPS) is 11.8. The number of hydrogen-bond donors (Lipinski definition) is 0. The highest BCUT2D eigenvalue weighted by Crippen LogP contribution is 2.13. The quantitative estimate of drug-likeness (QED) is 0.174. The first kappa shape index (κ1) is 22.7. The van der Waals surface area contributed by atoms with Gasteiger partial charge in [0.1, 0.15) is 0 Å². The van der Waals surface area contributed by atoms with E-state index in [0.29, 0.717) is 0 Å². The Labute approximate surface area is 148 Å². The zero-order valence-corrected chi connectivity index (χ0v) is 16.8. The Hall–Kier alpha value is -0.260. The molecule has 0 aromatic heterocycles. The summed E-state index contributed by atoms with van der Waals surface area (Å²) in [6.45, 7) is 6.96. The van der Waals surface area contributed by atoms with Crippen molar-refractivity contribution in [2.24, 2.45) is 5.92 Å². The second kappa shape index (κ2) is 19.8. The molecule has 0 amide bonds. The van der Waals surface area contributed by atoms with Crippen LogP contribution in [0, 0.1) is 5.92 Å². The molecule has 0 spiro atoms. The molecule has 0 aromatic carbocycles. The van der Waals surface area contributed by atoms with Crippen molar-refractivity contribution in [1.29, 1.82) is 0 Å². The van der Waals surface area contributed by atoms with Crippen LogP contribution in [0.25, 0.3) is 0 Å². The van der Waals surface area contributed by atoms with Crippen molar-refractivity contribution in [2.75, 3.05) is 0 Å². The minimum atomic E-state index is 0.893. The minimum absolute atomic E-state index is 0.893. The van der Waals surface area contributed by atoms with E-state index < -0.39 is 0 Å². The van der Waals surface area contributed by atoms with Gasteiger partial charge in [-0.3, -0.25) is 0 Å².